The van der Waals surface area contributed by atoms with Gasteiger partial charge >= 0.3 is 0 Å². The molecule has 0 saturated carbocycles. The van der Waals surface area contributed by atoms with Crippen molar-refractivity contribution in [2.24, 2.45) is 0 Å². The van der Waals surface area contributed by atoms with E-state index in [4.69, 9.17) is 21.1 Å². The Labute approximate surface area is 169 Å². The third kappa shape index (κ3) is 3.67. The molecule has 0 aromatic heterocycles. The fourth-order valence-corrected chi connectivity index (χ4v) is 3.53. The molecule has 1 aliphatic carbocycles. The molecular formula is C24H19ClO3. The van der Waals surface area contributed by atoms with Crippen LogP contribution in [-0.2, 0) is 13.0 Å². The molecule has 3 aromatic rings. The number of allylic oxidation sites excluding steroid dienone is 1. The molecular weight excluding hydrogens is 372 g/mol. The topological polar surface area (TPSA) is 35.5 Å². The molecule has 0 unspecified atom stereocenters. The summed E-state index contributed by atoms with van der Waals surface area (Å²) in [7, 11) is 1.60. The highest BCUT2D eigenvalue weighted by Gasteiger charge is 2.24. The lowest BCUT2D eigenvalue weighted by Gasteiger charge is -2.12. The first-order chi connectivity index (χ1) is 13.7. The Balaban J connectivity index is 1.55. The minimum absolute atomic E-state index is 0.0913. The molecule has 0 amide bonds. The minimum atomic E-state index is 0.0913. The molecule has 140 valence electrons. The minimum Gasteiger partial charge on any atom is -0.493 e. The zero-order valence-electron chi connectivity index (χ0n) is 15.4. The molecule has 0 fully saturated rings. The van der Waals surface area contributed by atoms with E-state index in [-0.39, 0.29) is 5.78 Å². The van der Waals surface area contributed by atoms with Crippen molar-refractivity contribution >= 4 is 23.5 Å². The molecule has 0 N–H and O–H groups in total. The normalized spacial score (nSPS) is 14.2. The number of hydrogen-bond donors (Lipinski definition) is 0. The van der Waals surface area contributed by atoms with Crippen LogP contribution in [0.3, 0.4) is 0 Å². The van der Waals surface area contributed by atoms with Gasteiger partial charge in [0.25, 0.3) is 0 Å². The van der Waals surface area contributed by atoms with Gasteiger partial charge in [0.05, 0.1) is 7.11 Å². The SMILES string of the molecule is COc1cc(/C=C2\Cc3ccccc3C2=O)ccc1OCc1ccccc1Cl. The third-order valence-electron chi connectivity index (χ3n) is 4.80. The van der Waals surface area contributed by atoms with Gasteiger partial charge in [-0.2, -0.15) is 0 Å². The Morgan fingerprint density at radius 2 is 1.79 bits per heavy atom. The van der Waals surface area contributed by atoms with E-state index < -0.39 is 0 Å². The monoisotopic (exact) mass is 390 g/mol. The quantitative estimate of drug-likeness (QED) is 0.520. The van der Waals surface area contributed by atoms with Gasteiger partial charge in [-0.25, -0.2) is 0 Å². The van der Waals surface area contributed by atoms with Crippen molar-refractivity contribution in [2.75, 3.05) is 7.11 Å². The van der Waals surface area contributed by atoms with Crippen LogP contribution in [0.5, 0.6) is 11.5 Å². The summed E-state index contributed by atoms with van der Waals surface area (Å²) in [4.78, 5) is 12.6. The van der Waals surface area contributed by atoms with Crippen molar-refractivity contribution in [3.8, 4) is 11.5 Å². The molecule has 0 heterocycles. The lowest BCUT2D eigenvalue weighted by Crippen LogP contribution is -1.99. The molecule has 0 aliphatic heterocycles. The largest absolute Gasteiger partial charge is 0.493 e. The number of halogens is 1. The van der Waals surface area contributed by atoms with E-state index in [9.17, 15) is 4.79 Å². The molecule has 0 bridgehead atoms. The average molecular weight is 391 g/mol. The first-order valence-electron chi connectivity index (χ1n) is 9.03. The van der Waals surface area contributed by atoms with E-state index >= 15 is 0 Å². The highest BCUT2D eigenvalue weighted by Crippen LogP contribution is 2.32. The van der Waals surface area contributed by atoms with Crippen molar-refractivity contribution in [3.05, 3.63) is 99.6 Å². The van der Waals surface area contributed by atoms with E-state index in [1.807, 2.05) is 72.8 Å². The fraction of sp³-hybridized carbons (Fsp3) is 0.125. The molecule has 3 nitrogen and oxygen atoms in total. The van der Waals surface area contributed by atoms with Crippen LogP contribution in [0.2, 0.25) is 5.02 Å². The predicted molar refractivity (Wildman–Crippen MR) is 111 cm³/mol. The molecule has 0 saturated heterocycles. The molecule has 0 spiro atoms. The number of Topliss-reactive ketones (excluding diaryl/α,β-unsaturated/α-hetero) is 1. The summed E-state index contributed by atoms with van der Waals surface area (Å²) < 4.78 is 11.4. The van der Waals surface area contributed by atoms with Crippen molar-refractivity contribution in [1.82, 2.24) is 0 Å². The number of benzene rings is 3. The smallest absolute Gasteiger partial charge is 0.189 e. The van der Waals surface area contributed by atoms with Crippen molar-refractivity contribution in [2.45, 2.75) is 13.0 Å². The van der Waals surface area contributed by atoms with Crippen LogP contribution in [0.1, 0.15) is 27.0 Å². The van der Waals surface area contributed by atoms with E-state index in [0.29, 0.717) is 29.5 Å². The zero-order chi connectivity index (χ0) is 19.5. The molecule has 0 radical (unpaired) electrons. The number of ether oxygens (including phenoxy) is 2. The van der Waals surface area contributed by atoms with Crippen molar-refractivity contribution in [3.63, 3.8) is 0 Å². The van der Waals surface area contributed by atoms with E-state index in [2.05, 4.69) is 0 Å². The average Bonchev–Trinajstić information content (AvgIpc) is 3.03. The van der Waals surface area contributed by atoms with E-state index in [1.165, 1.54) is 0 Å². The molecule has 28 heavy (non-hydrogen) atoms. The lowest BCUT2D eigenvalue weighted by atomic mass is 10.1. The van der Waals surface area contributed by atoms with Crippen LogP contribution in [0, 0.1) is 0 Å². The molecule has 4 rings (SSSR count). The van der Waals surface area contributed by atoms with Gasteiger partial charge in [-0.3, -0.25) is 4.79 Å². The first kappa shape index (κ1) is 18.3. The number of carbonyl (C=O) groups is 1. The number of hydrogen-bond acceptors (Lipinski definition) is 3. The second-order valence-electron chi connectivity index (χ2n) is 6.62. The first-order valence-corrected chi connectivity index (χ1v) is 9.41. The Bertz CT molecular complexity index is 1070. The second-order valence-corrected chi connectivity index (χ2v) is 7.03. The highest BCUT2D eigenvalue weighted by atomic mass is 35.5. The number of carbonyl (C=O) groups excluding carboxylic acids is 1. The van der Waals surface area contributed by atoms with Crippen LogP contribution in [0.15, 0.2) is 72.3 Å². The fourth-order valence-electron chi connectivity index (χ4n) is 3.34. The highest BCUT2D eigenvalue weighted by molar-refractivity contribution is 6.31. The molecule has 0 atom stereocenters. The van der Waals surface area contributed by atoms with Gasteiger partial charge in [0.15, 0.2) is 17.3 Å². The second kappa shape index (κ2) is 7.91. The maximum Gasteiger partial charge on any atom is 0.189 e. The van der Waals surface area contributed by atoms with Gasteiger partial charge in [-0.15, -0.1) is 0 Å². The third-order valence-corrected chi connectivity index (χ3v) is 5.17. The van der Waals surface area contributed by atoms with Crippen LogP contribution >= 0.6 is 11.6 Å². The van der Waals surface area contributed by atoms with Crippen LogP contribution in [0.4, 0.5) is 0 Å². The number of fused-ring (bicyclic) bond motifs is 1. The maximum absolute atomic E-state index is 12.6. The lowest BCUT2D eigenvalue weighted by molar-refractivity contribution is 0.104. The van der Waals surface area contributed by atoms with Gasteiger partial charge in [-0.1, -0.05) is 60.1 Å². The summed E-state index contributed by atoms with van der Waals surface area (Å²) in [5, 5.41) is 0.669. The molecule has 3 aromatic carbocycles. The summed E-state index contributed by atoms with van der Waals surface area (Å²) in [5.41, 5.74) is 4.46. The van der Waals surface area contributed by atoms with Gasteiger partial charge in [0.2, 0.25) is 0 Å². The Kier molecular flexibility index (Phi) is 5.18. The maximum atomic E-state index is 12.6. The van der Waals surface area contributed by atoms with Crippen molar-refractivity contribution in [1.29, 1.82) is 0 Å². The summed E-state index contributed by atoms with van der Waals surface area (Å²) in [5.74, 6) is 1.34. The molecule has 4 heteroatoms. The van der Waals surface area contributed by atoms with Crippen molar-refractivity contribution < 1.29 is 14.3 Å². The van der Waals surface area contributed by atoms with Crippen LogP contribution in [0.25, 0.3) is 6.08 Å². The summed E-state index contributed by atoms with van der Waals surface area (Å²) in [6, 6.07) is 21.0. The molecule has 1 aliphatic rings. The number of methoxy groups -OCH3 is 1. The van der Waals surface area contributed by atoms with Gasteiger partial charge in [0.1, 0.15) is 6.61 Å². The summed E-state index contributed by atoms with van der Waals surface area (Å²) >= 11 is 6.19. The standard InChI is InChI=1S/C24H19ClO3/c1-27-23-13-16(12-19-14-17-6-2-4-8-20(17)24(19)26)10-11-22(23)28-15-18-7-3-5-9-21(18)25/h2-13H,14-15H2,1H3/b19-12+. The van der Waals surface area contributed by atoms with Gasteiger partial charge in [-0.05, 0) is 35.4 Å². The Hall–Kier alpha value is -3.04. The van der Waals surface area contributed by atoms with Gasteiger partial charge < -0.3 is 9.47 Å². The van der Waals surface area contributed by atoms with Gasteiger partial charge in [0, 0.05) is 28.1 Å². The number of ketones is 1. The predicted octanol–water partition coefficient (Wildman–Crippen LogP) is 5.75. The van der Waals surface area contributed by atoms with Crippen LogP contribution < -0.4 is 9.47 Å². The summed E-state index contributed by atoms with van der Waals surface area (Å²) in [6.45, 7) is 0.351. The van der Waals surface area contributed by atoms with E-state index in [1.54, 1.807) is 7.11 Å². The van der Waals surface area contributed by atoms with Crippen LogP contribution in [-0.4, -0.2) is 12.9 Å². The summed E-state index contributed by atoms with van der Waals surface area (Å²) in [6.07, 6.45) is 2.57. The Morgan fingerprint density at radius 1 is 1.00 bits per heavy atom. The Morgan fingerprint density at radius 3 is 2.57 bits per heavy atom. The van der Waals surface area contributed by atoms with E-state index in [0.717, 1.165) is 27.8 Å². The zero-order valence-corrected chi connectivity index (χ0v) is 16.2. The number of rotatable bonds is 5.